The number of fused-ring (bicyclic) bond motifs is 1. The lowest BCUT2D eigenvalue weighted by molar-refractivity contribution is -0.123. The summed E-state index contributed by atoms with van der Waals surface area (Å²) in [5, 5.41) is 2.67. The Labute approximate surface area is 128 Å². The minimum absolute atomic E-state index is 0.00598. The lowest BCUT2D eigenvalue weighted by Crippen LogP contribution is -2.38. The SMILES string of the molecule is O=C(COc1cccc2c1CCC2=O)N[C@H]1CCS(=O)(=O)C1. The molecule has 1 fully saturated rings. The topological polar surface area (TPSA) is 89.5 Å². The van der Waals surface area contributed by atoms with Crippen LogP contribution in [0.4, 0.5) is 0 Å². The molecule has 1 saturated heterocycles. The summed E-state index contributed by atoms with van der Waals surface area (Å²) in [5.41, 5.74) is 1.52. The maximum absolute atomic E-state index is 11.9. The van der Waals surface area contributed by atoms with Crippen molar-refractivity contribution >= 4 is 21.5 Å². The quantitative estimate of drug-likeness (QED) is 0.871. The monoisotopic (exact) mass is 323 g/mol. The van der Waals surface area contributed by atoms with Gasteiger partial charge >= 0.3 is 0 Å². The van der Waals surface area contributed by atoms with Crippen LogP contribution in [0.3, 0.4) is 0 Å². The Morgan fingerprint density at radius 3 is 2.86 bits per heavy atom. The van der Waals surface area contributed by atoms with Crippen LogP contribution >= 0.6 is 0 Å². The van der Waals surface area contributed by atoms with Gasteiger partial charge in [0, 0.05) is 23.6 Å². The van der Waals surface area contributed by atoms with Gasteiger partial charge in [-0.1, -0.05) is 12.1 Å². The molecule has 1 amide bonds. The van der Waals surface area contributed by atoms with Crippen molar-refractivity contribution < 1.29 is 22.7 Å². The second-order valence-corrected chi connectivity index (χ2v) is 7.89. The predicted octanol–water partition coefficient (Wildman–Crippen LogP) is 0.498. The zero-order valence-electron chi connectivity index (χ0n) is 12.0. The van der Waals surface area contributed by atoms with Crippen LogP contribution in [-0.2, 0) is 21.1 Å². The molecule has 0 unspecified atom stereocenters. The average Bonchev–Trinajstić information content (AvgIpc) is 3.00. The summed E-state index contributed by atoms with van der Waals surface area (Å²) in [6.45, 7) is -0.179. The van der Waals surface area contributed by atoms with Crippen molar-refractivity contribution in [1.82, 2.24) is 5.32 Å². The molecule has 1 atom stereocenters. The van der Waals surface area contributed by atoms with Gasteiger partial charge < -0.3 is 10.1 Å². The third-order valence-corrected chi connectivity index (χ3v) is 5.76. The van der Waals surface area contributed by atoms with Crippen LogP contribution in [0.15, 0.2) is 18.2 Å². The molecule has 0 aromatic heterocycles. The van der Waals surface area contributed by atoms with Crippen molar-refractivity contribution in [3.05, 3.63) is 29.3 Å². The van der Waals surface area contributed by atoms with Gasteiger partial charge in [-0.3, -0.25) is 9.59 Å². The normalized spacial score (nSPS) is 22.4. The molecule has 1 aromatic carbocycles. The van der Waals surface area contributed by atoms with Crippen molar-refractivity contribution in [1.29, 1.82) is 0 Å². The third-order valence-electron chi connectivity index (χ3n) is 3.99. The van der Waals surface area contributed by atoms with E-state index >= 15 is 0 Å². The largest absolute Gasteiger partial charge is 0.483 e. The predicted molar refractivity (Wildman–Crippen MR) is 79.8 cm³/mol. The molecule has 3 rings (SSSR count). The lowest BCUT2D eigenvalue weighted by atomic mass is 10.1. The Hall–Kier alpha value is -1.89. The molecule has 0 radical (unpaired) electrons. The lowest BCUT2D eigenvalue weighted by Gasteiger charge is -2.13. The summed E-state index contributed by atoms with van der Waals surface area (Å²) in [6.07, 6.45) is 1.55. The van der Waals surface area contributed by atoms with Gasteiger partial charge in [0.05, 0.1) is 11.5 Å². The molecule has 118 valence electrons. The van der Waals surface area contributed by atoms with Gasteiger partial charge in [0.1, 0.15) is 5.75 Å². The number of carbonyl (C=O) groups excluding carboxylic acids is 2. The van der Waals surface area contributed by atoms with E-state index in [9.17, 15) is 18.0 Å². The fourth-order valence-electron chi connectivity index (χ4n) is 2.91. The van der Waals surface area contributed by atoms with E-state index in [2.05, 4.69) is 5.32 Å². The van der Waals surface area contributed by atoms with E-state index in [0.29, 0.717) is 30.6 Å². The minimum Gasteiger partial charge on any atom is -0.483 e. The van der Waals surface area contributed by atoms with Gasteiger partial charge in [-0.25, -0.2) is 8.42 Å². The molecular weight excluding hydrogens is 306 g/mol. The first-order valence-corrected chi connectivity index (χ1v) is 9.04. The fourth-order valence-corrected chi connectivity index (χ4v) is 4.59. The number of carbonyl (C=O) groups is 2. The number of rotatable bonds is 4. The summed E-state index contributed by atoms with van der Waals surface area (Å²) < 4.78 is 28.2. The number of ketones is 1. The van der Waals surface area contributed by atoms with E-state index in [0.717, 1.165) is 5.56 Å². The Bertz CT molecular complexity index is 725. The zero-order chi connectivity index (χ0) is 15.7. The first-order valence-electron chi connectivity index (χ1n) is 7.22. The standard InChI is InChI=1S/C15H17NO5S/c17-13-5-4-12-11(13)2-1-3-14(12)21-8-15(18)16-10-6-7-22(19,20)9-10/h1-3,10H,4-9H2,(H,16,18)/t10-/m0/s1. The highest BCUT2D eigenvalue weighted by atomic mass is 32.2. The van der Waals surface area contributed by atoms with Crippen molar-refractivity contribution in [3.8, 4) is 5.75 Å². The molecule has 0 bridgehead atoms. The number of sulfone groups is 1. The van der Waals surface area contributed by atoms with Crippen LogP contribution in [0.2, 0.25) is 0 Å². The summed E-state index contributed by atoms with van der Waals surface area (Å²) in [7, 11) is -3.02. The summed E-state index contributed by atoms with van der Waals surface area (Å²) in [5.74, 6) is 0.420. The molecule has 0 saturated carbocycles. The maximum Gasteiger partial charge on any atom is 0.258 e. The molecule has 1 aliphatic carbocycles. The molecular formula is C15H17NO5S. The van der Waals surface area contributed by atoms with Crippen molar-refractivity contribution in [2.75, 3.05) is 18.1 Å². The minimum atomic E-state index is -3.02. The number of Topliss-reactive ketones (excluding diaryl/α,β-unsaturated/α-hetero) is 1. The molecule has 1 heterocycles. The van der Waals surface area contributed by atoms with Crippen molar-refractivity contribution in [2.24, 2.45) is 0 Å². The molecule has 1 N–H and O–H groups in total. The summed E-state index contributed by atoms with van der Waals surface area (Å²) >= 11 is 0. The van der Waals surface area contributed by atoms with Crippen molar-refractivity contribution in [3.63, 3.8) is 0 Å². The molecule has 2 aliphatic rings. The fraction of sp³-hybridized carbons (Fsp3) is 0.467. The molecule has 22 heavy (non-hydrogen) atoms. The van der Waals surface area contributed by atoms with Gasteiger partial charge in [0.2, 0.25) is 0 Å². The number of ether oxygens (including phenoxy) is 1. The van der Waals surface area contributed by atoms with E-state index in [1.54, 1.807) is 18.2 Å². The highest BCUT2D eigenvalue weighted by Gasteiger charge is 2.29. The van der Waals surface area contributed by atoms with Crippen LogP contribution in [0, 0.1) is 0 Å². The van der Waals surface area contributed by atoms with E-state index in [4.69, 9.17) is 4.74 Å². The van der Waals surface area contributed by atoms with Crippen molar-refractivity contribution in [2.45, 2.75) is 25.3 Å². The summed E-state index contributed by atoms with van der Waals surface area (Å²) in [4.78, 5) is 23.5. The molecule has 0 spiro atoms. The summed E-state index contributed by atoms with van der Waals surface area (Å²) in [6, 6.07) is 4.91. The van der Waals surface area contributed by atoms with Gasteiger partial charge in [-0.15, -0.1) is 0 Å². The first kappa shape index (κ1) is 15.0. The highest BCUT2D eigenvalue weighted by Crippen LogP contribution is 2.30. The van der Waals surface area contributed by atoms with Gasteiger partial charge in [0.25, 0.3) is 5.91 Å². The number of benzene rings is 1. The Morgan fingerprint density at radius 1 is 1.32 bits per heavy atom. The number of hydrogen-bond acceptors (Lipinski definition) is 5. The van der Waals surface area contributed by atoms with Gasteiger partial charge in [0.15, 0.2) is 22.2 Å². The first-order chi connectivity index (χ1) is 10.4. The molecule has 1 aromatic rings. The maximum atomic E-state index is 11.9. The second kappa shape index (κ2) is 5.72. The van der Waals surface area contributed by atoms with E-state index in [1.165, 1.54) is 0 Å². The van der Waals surface area contributed by atoms with E-state index < -0.39 is 9.84 Å². The average molecular weight is 323 g/mol. The molecule has 1 aliphatic heterocycles. The van der Waals surface area contributed by atoms with E-state index in [-0.39, 0.29) is 35.8 Å². The van der Waals surface area contributed by atoms with Crippen LogP contribution < -0.4 is 10.1 Å². The van der Waals surface area contributed by atoms with Gasteiger partial charge in [-0.2, -0.15) is 0 Å². The van der Waals surface area contributed by atoms with Crippen LogP contribution in [0.5, 0.6) is 5.75 Å². The Morgan fingerprint density at radius 2 is 2.14 bits per heavy atom. The number of amides is 1. The zero-order valence-corrected chi connectivity index (χ0v) is 12.8. The Kier molecular flexibility index (Phi) is 3.90. The smallest absolute Gasteiger partial charge is 0.258 e. The van der Waals surface area contributed by atoms with Gasteiger partial charge in [-0.05, 0) is 18.9 Å². The van der Waals surface area contributed by atoms with Crippen LogP contribution in [0.1, 0.15) is 28.8 Å². The highest BCUT2D eigenvalue weighted by molar-refractivity contribution is 7.91. The molecule has 6 nitrogen and oxygen atoms in total. The molecule has 7 heteroatoms. The third kappa shape index (κ3) is 3.14. The second-order valence-electron chi connectivity index (χ2n) is 5.66. The van der Waals surface area contributed by atoms with E-state index in [1.807, 2.05) is 0 Å². The van der Waals surface area contributed by atoms with Crippen LogP contribution in [-0.4, -0.2) is 44.3 Å². The number of hydrogen-bond donors (Lipinski definition) is 1. The van der Waals surface area contributed by atoms with Crippen LogP contribution in [0.25, 0.3) is 0 Å². The number of nitrogens with one attached hydrogen (secondary N) is 1. The Balaban J connectivity index is 1.57.